The maximum Gasteiger partial charge on any atom is 0.254 e. The third-order valence-corrected chi connectivity index (χ3v) is 2.89. The predicted molar refractivity (Wildman–Crippen MR) is 60.9 cm³/mol. The van der Waals surface area contributed by atoms with Crippen molar-refractivity contribution in [3.05, 3.63) is 23.8 Å². The number of benzene rings is 1. The van der Waals surface area contributed by atoms with Crippen LogP contribution in [0.5, 0.6) is 11.5 Å². The lowest BCUT2D eigenvalue weighted by atomic mass is 10.1. The summed E-state index contributed by atoms with van der Waals surface area (Å²) < 4.78 is 0. The number of β-amino-alcohol motifs (C(OH)–C–C–N with tert-alkyl or cyclic N) is 1. The second-order valence-electron chi connectivity index (χ2n) is 4.71. The van der Waals surface area contributed by atoms with Crippen molar-refractivity contribution < 1.29 is 20.1 Å². The van der Waals surface area contributed by atoms with Gasteiger partial charge >= 0.3 is 0 Å². The van der Waals surface area contributed by atoms with E-state index in [1.54, 1.807) is 6.92 Å². The lowest BCUT2D eigenvalue weighted by Gasteiger charge is -2.19. The zero-order valence-electron chi connectivity index (χ0n) is 9.55. The molecule has 1 heterocycles. The highest BCUT2D eigenvalue weighted by molar-refractivity contribution is 5.95. The summed E-state index contributed by atoms with van der Waals surface area (Å²) >= 11 is 0. The summed E-state index contributed by atoms with van der Waals surface area (Å²) in [4.78, 5) is 13.5. The van der Waals surface area contributed by atoms with Gasteiger partial charge in [-0.3, -0.25) is 4.79 Å². The van der Waals surface area contributed by atoms with Crippen LogP contribution in [0.1, 0.15) is 23.7 Å². The maximum absolute atomic E-state index is 12.0. The van der Waals surface area contributed by atoms with E-state index in [1.807, 2.05) is 0 Å². The lowest BCUT2D eigenvalue weighted by Crippen LogP contribution is -2.33. The van der Waals surface area contributed by atoms with Crippen molar-refractivity contribution in [1.82, 2.24) is 4.90 Å². The Morgan fingerprint density at radius 2 is 1.88 bits per heavy atom. The van der Waals surface area contributed by atoms with Gasteiger partial charge < -0.3 is 20.2 Å². The normalized spacial score (nSPS) is 24.0. The zero-order chi connectivity index (χ0) is 12.6. The average molecular weight is 237 g/mol. The predicted octanol–water partition coefficient (Wildman–Crippen LogP) is 0.695. The van der Waals surface area contributed by atoms with Crippen LogP contribution < -0.4 is 0 Å². The first-order valence-electron chi connectivity index (χ1n) is 5.42. The Hall–Kier alpha value is -1.75. The number of aromatic hydroxyl groups is 2. The van der Waals surface area contributed by atoms with Gasteiger partial charge in [-0.2, -0.15) is 0 Å². The molecule has 0 aromatic heterocycles. The van der Waals surface area contributed by atoms with Crippen molar-refractivity contribution in [2.45, 2.75) is 18.9 Å². The summed E-state index contributed by atoms with van der Waals surface area (Å²) in [6, 6.07) is 3.76. The van der Waals surface area contributed by atoms with Gasteiger partial charge in [0.1, 0.15) is 11.5 Å². The Morgan fingerprint density at radius 1 is 1.29 bits per heavy atom. The third kappa shape index (κ3) is 2.50. The van der Waals surface area contributed by atoms with Crippen molar-refractivity contribution in [2.75, 3.05) is 13.1 Å². The van der Waals surface area contributed by atoms with Crippen LogP contribution in [0.25, 0.3) is 0 Å². The molecular weight excluding hydrogens is 222 g/mol. The fourth-order valence-corrected chi connectivity index (χ4v) is 2.02. The summed E-state index contributed by atoms with van der Waals surface area (Å²) in [5.41, 5.74) is -0.630. The fourth-order valence-electron chi connectivity index (χ4n) is 2.02. The Morgan fingerprint density at radius 3 is 2.35 bits per heavy atom. The number of hydrogen-bond donors (Lipinski definition) is 3. The van der Waals surface area contributed by atoms with Crippen molar-refractivity contribution in [2.24, 2.45) is 0 Å². The highest BCUT2D eigenvalue weighted by Crippen LogP contribution is 2.25. The number of carbonyl (C=O) groups excluding carboxylic acids is 1. The van der Waals surface area contributed by atoms with Crippen molar-refractivity contribution in [3.63, 3.8) is 0 Å². The van der Waals surface area contributed by atoms with E-state index in [1.165, 1.54) is 17.0 Å². The minimum atomic E-state index is -0.853. The summed E-state index contributed by atoms with van der Waals surface area (Å²) in [5, 5.41) is 28.4. The standard InChI is InChI=1S/C12H15NO4/c1-12(17)2-3-13(7-12)11(16)8-4-9(14)6-10(15)5-8/h4-6,14-15,17H,2-3,7H2,1H3. The number of carbonyl (C=O) groups is 1. The molecule has 5 heteroatoms. The molecule has 1 unspecified atom stereocenters. The van der Waals surface area contributed by atoms with Crippen LogP contribution in [0.15, 0.2) is 18.2 Å². The smallest absolute Gasteiger partial charge is 0.254 e. The van der Waals surface area contributed by atoms with E-state index in [-0.39, 0.29) is 29.5 Å². The van der Waals surface area contributed by atoms with E-state index in [9.17, 15) is 20.1 Å². The minimum absolute atomic E-state index is 0.153. The highest BCUT2D eigenvalue weighted by Gasteiger charge is 2.34. The largest absolute Gasteiger partial charge is 0.508 e. The molecule has 0 aliphatic carbocycles. The number of phenolic OH excluding ortho intramolecular Hbond substituents is 2. The van der Waals surface area contributed by atoms with E-state index in [0.717, 1.165) is 6.07 Å². The molecule has 0 radical (unpaired) electrons. The minimum Gasteiger partial charge on any atom is -0.508 e. The number of phenols is 2. The van der Waals surface area contributed by atoms with Gasteiger partial charge in [-0.25, -0.2) is 0 Å². The van der Waals surface area contributed by atoms with Crippen molar-refractivity contribution in [3.8, 4) is 11.5 Å². The van der Waals surface area contributed by atoms with Crippen LogP contribution in [-0.2, 0) is 0 Å². The second kappa shape index (κ2) is 3.92. The summed E-state index contributed by atoms with van der Waals surface area (Å²) in [6.07, 6.45) is 0.531. The molecule has 1 saturated heterocycles. The quantitative estimate of drug-likeness (QED) is 0.671. The Kier molecular flexibility index (Phi) is 2.71. The third-order valence-electron chi connectivity index (χ3n) is 2.89. The number of likely N-dealkylation sites (tertiary alicyclic amines) is 1. The number of nitrogens with zero attached hydrogens (tertiary/aromatic N) is 1. The lowest BCUT2D eigenvalue weighted by molar-refractivity contribution is 0.0572. The first-order valence-corrected chi connectivity index (χ1v) is 5.42. The Balaban J connectivity index is 2.20. The molecule has 2 rings (SSSR count). The van der Waals surface area contributed by atoms with Crippen LogP contribution in [0, 0.1) is 0 Å². The molecule has 0 spiro atoms. The SMILES string of the molecule is CC1(O)CCN(C(=O)c2cc(O)cc(O)c2)C1. The zero-order valence-corrected chi connectivity index (χ0v) is 9.55. The van der Waals surface area contributed by atoms with Gasteiger partial charge in [-0.15, -0.1) is 0 Å². The van der Waals surface area contributed by atoms with E-state index in [0.29, 0.717) is 13.0 Å². The summed E-state index contributed by atoms with van der Waals surface area (Å²) in [6.45, 7) is 2.42. The van der Waals surface area contributed by atoms with E-state index in [4.69, 9.17) is 0 Å². The number of hydrogen-bond acceptors (Lipinski definition) is 4. The molecule has 0 saturated carbocycles. The maximum atomic E-state index is 12.0. The first-order chi connectivity index (χ1) is 7.87. The molecule has 1 aromatic carbocycles. The molecule has 0 bridgehead atoms. The molecule has 1 aliphatic rings. The second-order valence-corrected chi connectivity index (χ2v) is 4.71. The van der Waals surface area contributed by atoms with Gasteiger partial charge in [-0.1, -0.05) is 0 Å². The van der Waals surface area contributed by atoms with Crippen LogP contribution in [0.3, 0.4) is 0 Å². The van der Waals surface area contributed by atoms with Gasteiger partial charge in [0.05, 0.1) is 5.60 Å². The molecule has 1 aliphatic heterocycles. The monoisotopic (exact) mass is 237 g/mol. The highest BCUT2D eigenvalue weighted by atomic mass is 16.3. The Labute approximate surface area is 98.9 Å². The summed E-state index contributed by atoms with van der Waals surface area (Å²) in [7, 11) is 0. The van der Waals surface area contributed by atoms with Gasteiger partial charge in [0.25, 0.3) is 5.91 Å². The topological polar surface area (TPSA) is 81.0 Å². The van der Waals surface area contributed by atoms with E-state index in [2.05, 4.69) is 0 Å². The van der Waals surface area contributed by atoms with E-state index >= 15 is 0 Å². The summed E-state index contributed by atoms with van der Waals surface area (Å²) in [5.74, 6) is -0.604. The number of amides is 1. The number of aliphatic hydroxyl groups is 1. The van der Waals surface area contributed by atoms with Crippen LogP contribution in [0.2, 0.25) is 0 Å². The molecule has 1 aromatic rings. The van der Waals surface area contributed by atoms with Crippen molar-refractivity contribution >= 4 is 5.91 Å². The van der Waals surface area contributed by atoms with Crippen LogP contribution >= 0.6 is 0 Å². The average Bonchev–Trinajstić information content (AvgIpc) is 2.56. The van der Waals surface area contributed by atoms with Gasteiger partial charge in [0.2, 0.25) is 0 Å². The molecule has 3 N–H and O–H groups in total. The number of rotatable bonds is 1. The molecule has 1 fully saturated rings. The van der Waals surface area contributed by atoms with Gasteiger partial charge in [0.15, 0.2) is 0 Å². The molecule has 5 nitrogen and oxygen atoms in total. The van der Waals surface area contributed by atoms with Crippen molar-refractivity contribution in [1.29, 1.82) is 0 Å². The molecule has 1 atom stereocenters. The first kappa shape index (κ1) is 11.7. The van der Waals surface area contributed by atoms with Gasteiger partial charge in [0, 0.05) is 24.7 Å². The molecule has 17 heavy (non-hydrogen) atoms. The Bertz CT molecular complexity index is 436. The molecule has 1 amide bonds. The van der Waals surface area contributed by atoms with Crippen LogP contribution in [-0.4, -0.2) is 44.8 Å². The molecule has 92 valence electrons. The van der Waals surface area contributed by atoms with Gasteiger partial charge in [-0.05, 0) is 25.5 Å². The fraction of sp³-hybridized carbons (Fsp3) is 0.417. The molecular formula is C12H15NO4. The van der Waals surface area contributed by atoms with E-state index < -0.39 is 5.60 Å². The van der Waals surface area contributed by atoms with Crippen LogP contribution in [0.4, 0.5) is 0 Å².